The molecule has 0 fully saturated rings. The van der Waals surface area contributed by atoms with Gasteiger partial charge in [-0.3, -0.25) is 0 Å². The van der Waals surface area contributed by atoms with Gasteiger partial charge in [0.15, 0.2) is 0 Å². The van der Waals surface area contributed by atoms with Crippen molar-refractivity contribution in [2.24, 2.45) is 0 Å². The van der Waals surface area contributed by atoms with Gasteiger partial charge < -0.3 is 13.7 Å². The largest absolute Gasteiger partial charge is 0.309 e. The van der Waals surface area contributed by atoms with E-state index in [1.54, 1.807) is 12.1 Å². The molecule has 8 aromatic carbocycles. The van der Waals surface area contributed by atoms with E-state index in [4.69, 9.17) is 15.1 Å². The molecule has 3 aromatic heterocycles. The summed E-state index contributed by atoms with van der Waals surface area (Å²) >= 11 is 0. The summed E-state index contributed by atoms with van der Waals surface area (Å²) in [6, 6.07) is 8.55. The summed E-state index contributed by atoms with van der Waals surface area (Å²) in [5.41, 5.74) is -0.583. The lowest BCUT2D eigenvalue weighted by atomic mass is 10.0. The summed E-state index contributed by atoms with van der Waals surface area (Å²) in [6.07, 6.45) is 0. The first kappa shape index (κ1) is 15.4. The van der Waals surface area contributed by atoms with E-state index in [1.165, 1.54) is 4.57 Å². The number of nitrogens with zero attached hydrogens (tertiary/aromatic N) is 3. The maximum atomic E-state index is 10.1. The number of fused-ring (bicyclic) bond motifs is 9. The van der Waals surface area contributed by atoms with Crippen molar-refractivity contribution in [1.29, 1.82) is 0 Å². The monoisotopic (exact) mass is 668 g/mol. The van der Waals surface area contributed by atoms with E-state index in [0.29, 0.717) is 11.2 Å². The van der Waals surface area contributed by atoms with Crippen molar-refractivity contribution in [2.75, 3.05) is 0 Å². The minimum atomic E-state index is -0.821. The van der Waals surface area contributed by atoms with E-state index in [9.17, 15) is 11.0 Å². The van der Waals surface area contributed by atoms with Crippen LogP contribution in [0, 0.1) is 0 Å². The molecule has 0 bridgehead atoms. The topological polar surface area (TPSA) is 14.8 Å². The van der Waals surface area contributed by atoms with Crippen molar-refractivity contribution < 1.29 is 26.0 Å². The Morgan fingerprint density at radius 2 is 0.941 bits per heavy atom. The summed E-state index contributed by atoms with van der Waals surface area (Å²) < 4.78 is 177. The molecule has 0 amide bonds. The van der Waals surface area contributed by atoms with Crippen LogP contribution in [-0.4, -0.2) is 13.7 Å². The van der Waals surface area contributed by atoms with Crippen molar-refractivity contribution in [1.82, 2.24) is 13.7 Å². The molecule has 3 heterocycles. The number of benzene rings is 8. The molecule has 0 aliphatic carbocycles. The molecule has 3 heteroatoms. The average molecular weight is 669 g/mol. The van der Waals surface area contributed by atoms with Crippen LogP contribution in [0.5, 0.6) is 0 Å². The molecular weight excluding hydrogens is 619 g/mol. The summed E-state index contributed by atoms with van der Waals surface area (Å²) in [4.78, 5) is 0. The minimum absolute atomic E-state index is 0.151. The van der Waals surface area contributed by atoms with Gasteiger partial charge in [0.05, 0.1) is 59.1 Å². The maximum Gasteiger partial charge on any atom is 0.0652 e. The highest BCUT2D eigenvalue weighted by Crippen LogP contribution is 2.39. The van der Waals surface area contributed by atoms with Crippen LogP contribution in [0.1, 0.15) is 26.0 Å². The standard InChI is InChI=1S/C48H31N3/c1-3-13-32(14-4-1)33-23-26-40-37-17-8-11-21-44(37)51(47(40)29-33)35-25-28-46-42(30-35)39-19-9-12-22-45(39)50(46)36-24-27-41-38-18-7-10-20-43(38)49(48(41)31-36)34-15-5-2-6-16-34/h1-31H/i1D,3D,4D,8D,9D,11D,12D,13D,14D,17D,19D,21D,22D,23D,25D,26D,28D,29D,30D. The smallest absolute Gasteiger partial charge is 0.0652 e. The van der Waals surface area contributed by atoms with Gasteiger partial charge >= 0.3 is 0 Å². The van der Waals surface area contributed by atoms with Crippen LogP contribution in [0.25, 0.3) is 93.6 Å². The SMILES string of the molecule is [2H]c1c([2H])c([2H])c(-c2c([2H])c([2H])c3c4c([2H])c([2H])c([2H])c([2H])c4n(-c4c([2H])c([2H])c5c(c4[2H])c4c([2H])c([2H])c([2H])c([2H])c4n5-c4ccc5c6ccccc6n(-c6ccccc6)c5c4)c3c2[2H])c([2H])c1[2H]. The van der Waals surface area contributed by atoms with E-state index in [-0.39, 0.29) is 21.8 Å². The van der Waals surface area contributed by atoms with Crippen LogP contribution < -0.4 is 0 Å². The van der Waals surface area contributed by atoms with E-state index in [2.05, 4.69) is 0 Å². The second-order valence-corrected chi connectivity index (χ2v) is 11.9. The Labute approximate surface area is 321 Å². The molecule has 0 aliphatic rings. The minimum Gasteiger partial charge on any atom is -0.309 e. The first-order valence-corrected chi connectivity index (χ1v) is 16.0. The zero-order valence-corrected chi connectivity index (χ0v) is 26.3. The summed E-state index contributed by atoms with van der Waals surface area (Å²) in [5.74, 6) is 0. The maximum absolute atomic E-state index is 10.1. The first-order valence-electron chi connectivity index (χ1n) is 25.5. The van der Waals surface area contributed by atoms with Gasteiger partial charge in [0, 0.05) is 49.4 Å². The average Bonchev–Trinajstić information content (AvgIpc) is 4.02. The molecule has 0 spiro atoms. The Kier molecular flexibility index (Phi) is 3.26. The normalized spacial score (nSPS) is 17.1. The van der Waals surface area contributed by atoms with Gasteiger partial charge in [0.25, 0.3) is 0 Å². The molecular formula is C48H31N3. The van der Waals surface area contributed by atoms with Crippen LogP contribution >= 0.6 is 0 Å². The summed E-state index contributed by atoms with van der Waals surface area (Å²) in [6.45, 7) is 0. The fraction of sp³-hybridized carbons (Fsp3) is 0. The second-order valence-electron chi connectivity index (χ2n) is 11.9. The van der Waals surface area contributed by atoms with Gasteiger partial charge in [-0.25, -0.2) is 0 Å². The van der Waals surface area contributed by atoms with Crippen molar-refractivity contribution in [3.05, 3.63) is 188 Å². The van der Waals surface area contributed by atoms with Gasteiger partial charge in [-0.05, 0) is 77.7 Å². The third-order valence-corrected chi connectivity index (χ3v) is 9.21. The number of hydrogen-bond donors (Lipinski definition) is 0. The van der Waals surface area contributed by atoms with Gasteiger partial charge in [-0.2, -0.15) is 0 Å². The Bertz CT molecular complexity index is 4200. The molecule has 0 saturated heterocycles. The second kappa shape index (κ2) is 10.8. The third kappa shape index (κ3) is 4.12. The fourth-order valence-electron chi connectivity index (χ4n) is 7.06. The van der Waals surface area contributed by atoms with E-state index in [0.717, 1.165) is 26.5 Å². The quantitative estimate of drug-likeness (QED) is 0.177. The lowest BCUT2D eigenvalue weighted by Crippen LogP contribution is -1.97. The number of rotatable bonds is 4. The Hall–Kier alpha value is -6.84. The van der Waals surface area contributed by atoms with E-state index in [1.807, 2.05) is 65.2 Å². The molecule has 11 aromatic rings. The van der Waals surface area contributed by atoms with Crippen LogP contribution in [0.15, 0.2) is 188 Å². The molecule has 11 rings (SSSR count). The molecule has 51 heavy (non-hydrogen) atoms. The van der Waals surface area contributed by atoms with Gasteiger partial charge in [0.2, 0.25) is 0 Å². The molecule has 0 N–H and O–H groups in total. The van der Waals surface area contributed by atoms with Crippen molar-refractivity contribution in [2.45, 2.75) is 0 Å². The summed E-state index contributed by atoms with van der Waals surface area (Å²) in [7, 11) is 0. The Balaban J connectivity index is 1.35. The summed E-state index contributed by atoms with van der Waals surface area (Å²) in [5, 5.41) is 0.412. The van der Waals surface area contributed by atoms with Crippen molar-refractivity contribution in [3.63, 3.8) is 0 Å². The molecule has 0 unspecified atom stereocenters. The van der Waals surface area contributed by atoms with E-state index >= 15 is 0 Å². The van der Waals surface area contributed by atoms with Gasteiger partial charge in [0.1, 0.15) is 0 Å². The van der Waals surface area contributed by atoms with Gasteiger partial charge in [-0.15, -0.1) is 0 Å². The highest BCUT2D eigenvalue weighted by molar-refractivity contribution is 6.14. The number of hydrogen-bond acceptors (Lipinski definition) is 0. The Morgan fingerprint density at radius 1 is 0.314 bits per heavy atom. The van der Waals surface area contributed by atoms with Crippen molar-refractivity contribution in [3.8, 4) is 28.2 Å². The van der Waals surface area contributed by atoms with Gasteiger partial charge in [-0.1, -0.05) is 121 Å². The predicted molar refractivity (Wildman–Crippen MR) is 215 cm³/mol. The molecule has 3 nitrogen and oxygen atoms in total. The highest BCUT2D eigenvalue weighted by atomic mass is 15.0. The van der Waals surface area contributed by atoms with Crippen LogP contribution in [-0.2, 0) is 0 Å². The molecule has 0 saturated carbocycles. The molecule has 0 radical (unpaired) electrons. The number of para-hydroxylation sites is 4. The molecule has 238 valence electrons. The predicted octanol–water partition coefficient (Wildman–Crippen LogP) is 12.6. The lowest BCUT2D eigenvalue weighted by Gasteiger charge is -2.12. The van der Waals surface area contributed by atoms with Crippen LogP contribution in [0.3, 0.4) is 0 Å². The van der Waals surface area contributed by atoms with E-state index < -0.39 is 153 Å². The number of aromatic nitrogens is 3. The first-order chi connectivity index (χ1) is 33.2. The fourth-order valence-corrected chi connectivity index (χ4v) is 7.06. The third-order valence-electron chi connectivity index (χ3n) is 9.21. The van der Waals surface area contributed by atoms with Crippen LogP contribution in [0.4, 0.5) is 0 Å². The zero-order chi connectivity index (χ0) is 50.0. The zero-order valence-electron chi connectivity index (χ0n) is 45.3. The van der Waals surface area contributed by atoms with Crippen LogP contribution in [0.2, 0.25) is 0 Å². The van der Waals surface area contributed by atoms with Crippen molar-refractivity contribution >= 4 is 65.4 Å². The molecule has 0 atom stereocenters. The highest BCUT2D eigenvalue weighted by Gasteiger charge is 2.19. The Morgan fingerprint density at radius 3 is 1.76 bits per heavy atom. The lowest BCUT2D eigenvalue weighted by molar-refractivity contribution is 1.15. The molecule has 0 aliphatic heterocycles.